The molecule has 1 aromatic rings. The second kappa shape index (κ2) is 5.82. The number of hydrogen-bond donors (Lipinski definition) is 1. The predicted molar refractivity (Wildman–Crippen MR) is 67.8 cm³/mol. The summed E-state index contributed by atoms with van der Waals surface area (Å²) in [6.45, 7) is 2.92. The van der Waals surface area contributed by atoms with Gasteiger partial charge < -0.3 is 9.72 Å². The van der Waals surface area contributed by atoms with Crippen LogP contribution >= 0.6 is 15.9 Å². The van der Waals surface area contributed by atoms with E-state index in [0.717, 1.165) is 24.8 Å². The van der Waals surface area contributed by atoms with Crippen LogP contribution in [-0.2, 0) is 11.2 Å². The largest absolute Gasteiger partial charge is 0.378 e. The summed E-state index contributed by atoms with van der Waals surface area (Å²) in [6, 6.07) is 0. The molecule has 90 valence electrons. The van der Waals surface area contributed by atoms with Crippen molar-refractivity contribution in [3.05, 3.63) is 18.2 Å². The predicted octanol–water partition coefficient (Wildman–Crippen LogP) is 2.92. The van der Waals surface area contributed by atoms with Crippen LogP contribution in [0.4, 0.5) is 0 Å². The van der Waals surface area contributed by atoms with Crippen LogP contribution in [-0.4, -0.2) is 27.5 Å². The molecule has 1 aliphatic carbocycles. The topological polar surface area (TPSA) is 37.9 Å². The maximum absolute atomic E-state index is 5.56. The van der Waals surface area contributed by atoms with Crippen molar-refractivity contribution in [3.63, 3.8) is 0 Å². The van der Waals surface area contributed by atoms with Crippen LogP contribution in [0.2, 0.25) is 0 Å². The van der Waals surface area contributed by atoms with Crippen LogP contribution in [0.15, 0.2) is 12.4 Å². The summed E-state index contributed by atoms with van der Waals surface area (Å²) in [5.74, 6) is 1.90. The van der Waals surface area contributed by atoms with Crippen LogP contribution in [0, 0.1) is 5.92 Å². The van der Waals surface area contributed by atoms with Gasteiger partial charge in [-0.25, -0.2) is 4.98 Å². The van der Waals surface area contributed by atoms with Gasteiger partial charge in [-0.1, -0.05) is 15.9 Å². The first-order chi connectivity index (χ1) is 7.78. The SMILES string of the molecule is CCOC1CC(CC(Br)Cc2ncc[nH]2)C1. The lowest BCUT2D eigenvalue weighted by molar-refractivity contribution is -0.0264. The summed E-state index contributed by atoms with van der Waals surface area (Å²) in [6.07, 6.45) is 8.89. The van der Waals surface area contributed by atoms with Crippen molar-refractivity contribution in [2.75, 3.05) is 6.61 Å². The lowest BCUT2D eigenvalue weighted by atomic mass is 9.79. The van der Waals surface area contributed by atoms with Crippen molar-refractivity contribution in [1.82, 2.24) is 9.97 Å². The highest BCUT2D eigenvalue weighted by molar-refractivity contribution is 9.09. The molecule has 1 unspecified atom stereocenters. The zero-order valence-electron chi connectivity index (χ0n) is 9.66. The highest BCUT2D eigenvalue weighted by atomic mass is 79.9. The summed E-state index contributed by atoms with van der Waals surface area (Å²) in [5.41, 5.74) is 0. The van der Waals surface area contributed by atoms with Crippen molar-refractivity contribution in [2.24, 2.45) is 5.92 Å². The minimum Gasteiger partial charge on any atom is -0.378 e. The van der Waals surface area contributed by atoms with Gasteiger partial charge in [0.05, 0.1) is 6.10 Å². The summed E-state index contributed by atoms with van der Waals surface area (Å²) in [5, 5.41) is 0. The van der Waals surface area contributed by atoms with Crippen molar-refractivity contribution < 1.29 is 4.74 Å². The highest BCUT2D eigenvalue weighted by Gasteiger charge is 2.30. The molecule has 4 heteroatoms. The van der Waals surface area contributed by atoms with Gasteiger partial charge in [-0.05, 0) is 32.1 Å². The van der Waals surface area contributed by atoms with E-state index in [1.807, 2.05) is 12.4 Å². The number of ether oxygens (including phenoxy) is 1. The Hall–Kier alpha value is -0.350. The Morgan fingerprint density at radius 2 is 2.44 bits per heavy atom. The first-order valence-corrected chi connectivity index (χ1v) is 6.93. The number of halogens is 1. The van der Waals surface area contributed by atoms with Gasteiger partial charge in [0, 0.05) is 30.2 Å². The summed E-state index contributed by atoms with van der Waals surface area (Å²) in [7, 11) is 0. The number of aromatic amines is 1. The third-order valence-corrected chi connectivity index (χ3v) is 3.85. The molecule has 1 N–H and O–H groups in total. The Balaban J connectivity index is 1.64. The quantitative estimate of drug-likeness (QED) is 0.817. The summed E-state index contributed by atoms with van der Waals surface area (Å²) < 4.78 is 5.56. The van der Waals surface area contributed by atoms with E-state index in [2.05, 4.69) is 32.8 Å². The molecule has 2 rings (SSSR count). The van der Waals surface area contributed by atoms with E-state index >= 15 is 0 Å². The fourth-order valence-corrected chi connectivity index (χ4v) is 3.14. The van der Waals surface area contributed by atoms with E-state index in [0.29, 0.717) is 10.9 Å². The van der Waals surface area contributed by atoms with E-state index in [4.69, 9.17) is 4.74 Å². The molecule has 1 heterocycles. The van der Waals surface area contributed by atoms with Crippen LogP contribution in [0.25, 0.3) is 0 Å². The molecule has 1 atom stereocenters. The fourth-order valence-electron chi connectivity index (χ4n) is 2.30. The van der Waals surface area contributed by atoms with Gasteiger partial charge in [-0.2, -0.15) is 0 Å². The molecule has 1 aliphatic rings. The molecule has 0 spiro atoms. The Morgan fingerprint density at radius 3 is 3.06 bits per heavy atom. The third kappa shape index (κ3) is 3.32. The Labute approximate surface area is 105 Å². The van der Waals surface area contributed by atoms with Gasteiger partial charge in [0.2, 0.25) is 0 Å². The number of rotatable bonds is 6. The molecule has 0 bridgehead atoms. The van der Waals surface area contributed by atoms with Crippen LogP contribution in [0.5, 0.6) is 0 Å². The molecular formula is C12H19BrN2O. The van der Waals surface area contributed by atoms with Crippen molar-refractivity contribution in [3.8, 4) is 0 Å². The summed E-state index contributed by atoms with van der Waals surface area (Å²) >= 11 is 3.73. The second-order valence-electron chi connectivity index (χ2n) is 4.49. The molecule has 0 aliphatic heterocycles. The van der Waals surface area contributed by atoms with Gasteiger partial charge in [0.15, 0.2) is 0 Å². The molecule has 0 aromatic carbocycles. The molecule has 1 saturated carbocycles. The minimum absolute atomic E-state index is 0.526. The lowest BCUT2D eigenvalue weighted by Crippen LogP contribution is -2.33. The van der Waals surface area contributed by atoms with Gasteiger partial charge in [-0.3, -0.25) is 0 Å². The van der Waals surface area contributed by atoms with Gasteiger partial charge in [-0.15, -0.1) is 0 Å². The molecular weight excluding hydrogens is 268 g/mol. The van der Waals surface area contributed by atoms with E-state index in [-0.39, 0.29) is 0 Å². The number of imidazole rings is 1. The van der Waals surface area contributed by atoms with E-state index in [1.165, 1.54) is 19.3 Å². The normalized spacial score (nSPS) is 26.4. The van der Waals surface area contributed by atoms with Crippen molar-refractivity contribution in [1.29, 1.82) is 0 Å². The maximum Gasteiger partial charge on any atom is 0.107 e. The van der Waals surface area contributed by atoms with Crippen molar-refractivity contribution >= 4 is 15.9 Å². The third-order valence-electron chi connectivity index (χ3n) is 3.15. The number of hydrogen-bond acceptors (Lipinski definition) is 2. The number of H-pyrrole nitrogens is 1. The van der Waals surface area contributed by atoms with Crippen molar-refractivity contribution in [2.45, 2.75) is 43.5 Å². The van der Waals surface area contributed by atoms with Gasteiger partial charge >= 0.3 is 0 Å². The summed E-state index contributed by atoms with van der Waals surface area (Å²) in [4.78, 5) is 7.92. The molecule has 0 radical (unpaired) electrons. The smallest absolute Gasteiger partial charge is 0.107 e. The highest BCUT2D eigenvalue weighted by Crippen LogP contribution is 2.35. The standard InChI is InChI=1S/C12H19BrN2O/c1-2-16-11-6-9(7-11)5-10(13)8-12-14-3-4-15-12/h3-4,9-11H,2,5-8H2,1H3,(H,14,15). The lowest BCUT2D eigenvalue weighted by Gasteiger charge is -2.36. The Kier molecular flexibility index (Phi) is 4.41. The van der Waals surface area contributed by atoms with E-state index in [1.54, 1.807) is 0 Å². The van der Waals surface area contributed by atoms with E-state index < -0.39 is 0 Å². The molecule has 0 amide bonds. The fraction of sp³-hybridized carbons (Fsp3) is 0.750. The Morgan fingerprint density at radius 1 is 1.62 bits per heavy atom. The van der Waals surface area contributed by atoms with Crippen LogP contribution in [0.1, 0.15) is 32.0 Å². The number of aromatic nitrogens is 2. The second-order valence-corrected chi connectivity index (χ2v) is 5.78. The maximum atomic E-state index is 5.56. The average Bonchev–Trinajstić information content (AvgIpc) is 2.67. The number of nitrogens with one attached hydrogen (secondary N) is 1. The first-order valence-electron chi connectivity index (χ1n) is 6.01. The Bertz CT molecular complexity index is 296. The number of alkyl halides is 1. The van der Waals surface area contributed by atoms with Gasteiger partial charge in [0.1, 0.15) is 5.82 Å². The zero-order chi connectivity index (χ0) is 11.4. The monoisotopic (exact) mass is 286 g/mol. The van der Waals surface area contributed by atoms with Crippen LogP contribution in [0.3, 0.4) is 0 Å². The zero-order valence-corrected chi connectivity index (χ0v) is 11.2. The molecule has 0 saturated heterocycles. The van der Waals surface area contributed by atoms with Crippen LogP contribution < -0.4 is 0 Å². The molecule has 1 fully saturated rings. The minimum atomic E-state index is 0.526. The molecule has 1 aromatic heterocycles. The molecule has 3 nitrogen and oxygen atoms in total. The number of nitrogens with zero attached hydrogens (tertiary/aromatic N) is 1. The molecule has 16 heavy (non-hydrogen) atoms. The first kappa shape index (κ1) is 12.1. The average molecular weight is 287 g/mol. The van der Waals surface area contributed by atoms with Gasteiger partial charge in [0.25, 0.3) is 0 Å². The van der Waals surface area contributed by atoms with E-state index in [9.17, 15) is 0 Å².